The van der Waals surface area contributed by atoms with Crippen LogP contribution in [0.3, 0.4) is 0 Å². The molecule has 1 saturated carbocycles. The zero-order chi connectivity index (χ0) is 14.1. The molecular formula is C16H12N2O2S. The monoisotopic (exact) mass is 296 g/mol. The van der Waals surface area contributed by atoms with E-state index in [1.54, 1.807) is 5.51 Å². The quantitative estimate of drug-likeness (QED) is 0.600. The van der Waals surface area contributed by atoms with Gasteiger partial charge in [-0.2, -0.15) is 0 Å². The second kappa shape index (κ2) is 3.80. The van der Waals surface area contributed by atoms with Gasteiger partial charge in [0, 0.05) is 0 Å². The van der Waals surface area contributed by atoms with Crippen molar-refractivity contribution < 1.29 is 9.59 Å². The van der Waals surface area contributed by atoms with Gasteiger partial charge in [-0.3, -0.25) is 9.59 Å². The van der Waals surface area contributed by atoms with Gasteiger partial charge in [-0.15, -0.1) is 11.3 Å². The number of allylic oxidation sites excluding steroid dienone is 2. The summed E-state index contributed by atoms with van der Waals surface area (Å²) in [5.74, 6) is 0.202. The first-order chi connectivity index (χ1) is 10.2. The molecule has 21 heavy (non-hydrogen) atoms. The summed E-state index contributed by atoms with van der Waals surface area (Å²) < 4.78 is 1.01. The van der Waals surface area contributed by atoms with Crippen molar-refractivity contribution in [2.24, 2.45) is 23.7 Å². The van der Waals surface area contributed by atoms with E-state index in [0.29, 0.717) is 5.69 Å². The number of amides is 2. The average Bonchev–Trinajstić information content (AvgIpc) is 3.22. The van der Waals surface area contributed by atoms with Crippen molar-refractivity contribution in [2.75, 3.05) is 4.90 Å². The van der Waals surface area contributed by atoms with Crippen LogP contribution in [0.4, 0.5) is 5.69 Å². The lowest BCUT2D eigenvalue weighted by molar-refractivity contribution is -0.123. The molecule has 2 heterocycles. The minimum Gasteiger partial charge on any atom is -0.274 e. The highest BCUT2D eigenvalue weighted by Crippen LogP contribution is 2.53. The van der Waals surface area contributed by atoms with Gasteiger partial charge < -0.3 is 0 Å². The number of carbonyl (C=O) groups excluding carboxylic acids is 2. The number of benzene rings is 1. The molecule has 2 fully saturated rings. The summed E-state index contributed by atoms with van der Waals surface area (Å²) in [5, 5.41) is 0. The molecule has 2 aromatic rings. The third-order valence-corrected chi connectivity index (χ3v) is 5.84. The number of nitrogens with zero attached hydrogens (tertiary/aromatic N) is 2. The van der Waals surface area contributed by atoms with Crippen molar-refractivity contribution in [1.29, 1.82) is 0 Å². The number of hydrogen-bond donors (Lipinski definition) is 0. The molecular weight excluding hydrogens is 284 g/mol. The summed E-state index contributed by atoms with van der Waals surface area (Å²) in [6.45, 7) is 0. The molecule has 1 aromatic carbocycles. The predicted octanol–water partition coefficient (Wildman–Crippen LogP) is 2.61. The van der Waals surface area contributed by atoms with Gasteiger partial charge in [-0.05, 0) is 36.5 Å². The summed E-state index contributed by atoms with van der Waals surface area (Å²) >= 11 is 1.52. The number of anilines is 1. The number of aromatic nitrogens is 1. The molecule has 0 N–H and O–H groups in total. The minimum atomic E-state index is -0.135. The summed E-state index contributed by atoms with van der Waals surface area (Å²) in [6, 6.07) is 5.61. The molecule has 2 bridgehead atoms. The van der Waals surface area contributed by atoms with Gasteiger partial charge in [-0.1, -0.05) is 12.2 Å². The van der Waals surface area contributed by atoms with Crippen LogP contribution in [0, 0.1) is 23.7 Å². The summed E-state index contributed by atoms with van der Waals surface area (Å²) in [6.07, 6.45) is 5.20. The lowest BCUT2D eigenvalue weighted by Crippen LogP contribution is -2.32. The zero-order valence-corrected chi connectivity index (χ0v) is 11.9. The molecule has 1 aliphatic heterocycles. The number of rotatable bonds is 1. The molecule has 2 aliphatic carbocycles. The fourth-order valence-corrected chi connectivity index (χ4v) is 4.85. The Kier molecular flexibility index (Phi) is 2.10. The number of imide groups is 1. The Morgan fingerprint density at radius 3 is 2.52 bits per heavy atom. The van der Waals surface area contributed by atoms with Crippen LogP contribution in [0.25, 0.3) is 10.2 Å². The Morgan fingerprint density at radius 1 is 1.10 bits per heavy atom. The Hall–Kier alpha value is -2.01. The van der Waals surface area contributed by atoms with Crippen molar-refractivity contribution in [1.82, 2.24) is 4.98 Å². The highest BCUT2D eigenvalue weighted by Gasteiger charge is 2.59. The van der Waals surface area contributed by atoms with E-state index < -0.39 is 0 Å². The molecule has 0 radical (unpaired) electrons. The molecule has 5 heteroatoms. The fraction of sp³-hybridized carbons (Fsp3) is 0.312. The molecule has 104 valence electrons. The second-order valence-corrected chi connectivity index (χ2v) is 6.90. The van der Waals surface area contributed by atoms with Crippen molar-refractivity contribution in [2.45, 2.75) is 6.42 Å². The number of carbonyl (C=O) groups is 2. The van der Waals surface area contributed by atoms with Crippen molar-refractivity contribution in [3.8, 4) is 0 Å². The largest absolute Gasteiger partial charge is 0.274 e. The average molecular weight is 296 g/mol. The first-order valence-electron chi connectivity index (χ1n) is 7.13. The van der Waals surface area contributed by atoms with Gasteiger partial charge in [0.15, 0.2) is 0 Å². The van der Waals surface area contributed by atoms with E-state index in [-0.39, 0.29) is 35.5 Å². The lowest BCUT2D eigenvalue weighted by Gasteiger charge is -2.17. The van der Waals surface area contributed by atoms with Gasteiger partial charge in [-0.25, -0.2) is 9.88 Å². The van der Waals surface area contributed by atoms with Crippen LogP contribution in [0.1, 0.15) is 6.42 Å². The number of fused-ring (bicyclic) bond motifs is 6. The van der Waals surface area contributed by atoms with Gasteiger partial charge >= 0.3 is 0 Å². The smallest absolute Gasteiger partial charge is 0.238 e. The maximum absolute atomic E-state index is 12.7. The van der Waals surface area contributed by atoms with Gasteiger partial charge in [0.25, 0.3) is 0 Å². The Labute approximate surface area is 125 Å². The van der Waals surface area contributed by atoms with E-state index in [2.05, 4.69) is 17.1 Å². The van der Waals surface area contributed by atoms with Gasteiger partial charge in [0.1, 0.15) is 0 Å². The van der Waals surface area contributed by atoms with Crippen LogP contribution in [-0.4, -0.2) is 16.8 Å². The molecule has 1 saturated heterocycles. The molecule has 1 aromatic heterocycles. The minimum absolute atomic E-state index is 0.0225. The maximum Gasteiger partial charge on any atom is 0.238 e. The summed E-state index contributed by atoms with van der Waals surface area (Å²) in [7, 11) is 0. The molecule has 2 amide bonds. The number of hydrogen-bond acceptors (Lipinski definition) is 4. The van der Waals surface area contributed by atoms with Crippen LogP contribution in [-0.2, 0) is 9.59 Å². The van der Waals surface area contributed by atoms with E-state index in [9.17, 15) is 9.59 Å². The van der Waals surface area contributed by atoms with E-state index in [0.717, 1.165) is 16.6 Å². The SMILES string of the molecule is O=C1[C@@H]2[C@H](C(=O)N1c1ccc3ncsc3c1)[C@@H]1C=C[C@H]2C1. The number of thiazole rings is 1. The topological polar surface area (TPSA) is 50.3 Å². The highest BCUT2D eigenvalue weighted by molar-refractivity contribution is 7.16. The van der Waals surface area contributed by atoms with E-state index in [4.69, 9.17) is 0 Å². The van der Waals surface area contributed by atoms with E-state index in [1.807, 2.05) is 18.2 Å². The Balaban J connectivity index is 1.61. The third-order valence-electron chi connectivity index (χ3n) is 5.04. The zero-order valence-electron chi connectivity index (χ0n) is 11.1. The normalized spacial score (nSPS) is 33.4. The molecule has 4 nitrogen and oxygen atoms in total. The van der Waals surface area contributed by atoms with Gasteiger partial charge in [0.05, 0.1) is 33.3 Å². The summed E-state index contributed by atoms with van der Waals surface area (Å²) in [4.78, 5) is 31.1. The van der Waals surface area contributed by atoms with E-state index in [1.165, 1.54) is 16.2 Å². The first kappa shape index (κ1) is 11.6. The van der Waals surface area contributed by atoms with Crippen molar-refractivity contribution >= 4 is 39.1 Å². The lowest BCUT2D eigenvalue weighted by atomic mass is 9.85. The Bertz CT molecular complexity index is 795. The predicted molar refractivity (Wildman–Crippen MR) is 79.8 cm³/mol. The van der Waals surface area contributed by atoms with Crippen LogP contribution >= 0.6 is 11.3 Å². The van der Waals surface area contributed by atoms with Crippen LogP contribution < -0.4 is 4.90 Å². The second-order valence-electron chi connectivity index (χ2n) is 6.02. The van der Waals surface area contributed by atoms with Crippen molar-refractivity contribution in [3.63, 3.8) is 0 Å². The summed E-state index contributed by atoms with van der Waals surface area (Å²) in [5.41, 5.74) is 3.38. The first-order valence-corrected chi connectivity index (χ1v) is 8.01. The van der Waals surface area contributed by atoms with Crippen LogP contribution in [0.5, 0.6) is 0 Å². The highest BCUT2D eigenvalue weighted by atomic mass is 32.1. The standard InChI is InChI=1S/C16H12N2O2S/c19-15-13-8-1-2-9(5-8)14(13)16(20)18(15)10-3-4-11-12(6-10)21-7-17-11/h1-4,6-9,13-14H,5H2/t8-,9+,13-,14+. The van der Waals surface area contributed by atoms with E-state index >= 15 is 0 Å². The van der Waals surface area contributed by atoms with Gasteiger partial charge in [0.2, 0.25) is 11.8 Å². The molecule has 0 spiro atoms. The molecule has 4 atom stereocenters. The fourth-order valence-electron chi connectivity index (χ4n) is 4.14. The molecule has 5 rings (SSSR count). The maximum atomic E-state index is 12.7. The van der Waals surface area contributed by atoms with Crippen LogP contribution in [0.15, 0.2) is 35.9 Å². The molecule has 0 unspecified atom stereocenters. The Morgan fingerprint density at radius 2 is 1.81 bits per heavy atom. The van der Waals surface area contributed by atoms with Crippen molar-refractivity contribution in [3.05, 3.63) is 35.9 Å². The third kappa shape index (κ3) is 1.37. The van der Waals surface area contributed by atoms with Crippen LogP contribution in [0.2, 0.25) is 0 Å². The molecule has 3 aliphatic rings.